The highest BCUT2D eigenvalue weighted by molar-refractivity contribution is 5.65. The first-order chi connectivity index (χ1) is 12.0. The standard InChI is InChI=1S/C19H25F2N3O/c1-13(2)23-9-6-14(7-10-23)12-24-11-8-22-19(24)17-16(25-3)5-4-15(20)18(17)21/h4-5,8,11,13-14H,6-7,9-10,12H2,1-3H3. The summed E-state index contributed by atoms with van der Waals surface area (Å²) in [5, 5.41) is 0. The van der Waals surface area contributed by atoms with Crippen molar-refractivity contribution in [2.45, 2.75) is 39.3 Å². The van der Waals surface area contributed by atoms with Gasteiger partial charge < -0.3 is 14.2 Å². The molecule has 0 bridgehead atoms. The van der Waals surface area contributed by atoms with Crippen LogP contribution in [0.15, 0.2) is 24.5 Å². The molecule has 0 radical (unpaired) electrons. The van der Waals surface area contributed by atoms with E-state index in [1.807, 2.05) is 10.8 Å². The Hall–Kier alpha value is -1.95. The largest absolute Gasteiger partial charge is 0.496 e. The lowest BCUT2D eigenvalue weighted by Crippen LogP contribution is -2.39. The van der Waals surface area contributed by atoms with Gasteiger partial charge in [0.05, 0.1) is 12.7 Å². The molecule has 1 saturated heterocycles. The molecule has 2 aromatic rings. The van der Waals surface area contributed by atoms with E-state index in [0.717, 1.165) is 38.5 Å². The third-order valence-electron chi connectivity index (χ3n) is 5.05. The minimum Gasteiger partial charge on any atom is -0.496 e. The number of ether oxygens (including phenoxy) is 1. The zero-order valence-corrected chi connectivity index (χ0v) is 15.0. The number of piperidine rings is 1. The Bertz CT molecular complexity index is 721. The summed E-state index contributed by atoms with van der Waals surface area (Å²) in [6.07, 6.45) is 5.65. The van der Waals surface area contributed by atoms with E-state index in [2.05, 4.69) is 23.7 Å². The van der Waals surface area contributed by atoms with E-state index in [-0.39, 0.29) is 5.56 Å². The van der Waals surface area contributed by atoms with Gasteiger partial charge >= 0.3 is 0 Å². The Morgan fingerprint density at radius 3 is 2.60 bits per heavy atom. The van der Waals surface area contributed by atoms with E-state index in [0.29, 0.717) is 23.5 Å². The van der Waals surface area contributed by atoms with E-state index in [4.69, 9.17) is 4.74 Å². The maximum atomic E-state index is 14.4. The van der Waals surface area contributed by atoms with Crippen LogP contribution in [0.3, 0.4) is 0 Å². The summed E-state index contributed by atoms with van der Waals surface area (Å²) < 4.78 is 35.3. The maximum absolute atomic E-state index is 14.4. The first kappa shape index (κ1) is 17.9. The molecule has 6 heteroatoms. The van der Waals surface area contributed by atoms with Crippen LogP contribution in [-0.4, -0.2) is 40.7 Å². The van der Waals surface area contributed by atoms with E-state index in [1.165, 1.54) is 13.2 Å². The first-order valence-corrected chi connectivity index (χ1v) is 8.78. The van der Waals surface area contributed by atoms with Gasteiger partial charge in [-0.3, -0.25) is 0 Å². The average molecular weight is 349 g/mol. The second-order valence-electron chi connectivity index (χ2n) is 6.91. The molecule has 0 atom stereocenters. The van der Waals surface area contributed by atoms with Gasteiger partial charge in [-0.25, -0.2) is 13.8 Å². The van der Waals surface area contributed by atoms with Gasteiger partial charge in [0.1, 0.15) is 11.6 Å². The molecule has 0 aliphatic carbocycles. The summed E-state index contributed by atoms with van der Waals surface area (Å²) in [4.78, 5) is 6.74. The first-order valence-electron chi connectivity index (χ1n) is 8.78. The Morgan fingerprint density at radius 1 is 1.24 bits per heavy atom. The molecule has 0 spiro atoms. The van der Waals surface area contributed by atoms with Crippen molar-refractivity contribution >= 4 is 0 Å². The predicted molar refractivity (Wildman–Crippen MR) is 93.6 cm³/mol. The fraction of sp³-hybridized carbons (Fsp3) is 0.526. The molecule has 1 aromatic carbocycles. The molecule has 1 fully saturated rings. The molecular formula is C19H25F2N3O. The molecule has 1 aliphatic heterocycles. The fourth-order valence-corrected chi connectivity index (χ4v) is 3.53. The minimum atomic E-state index is -0.915. The highest BCUT2D eigenvalue weighted by atomic mass is 19.2. The van der Waals surface area contributed by atoms with Crippen molar-refractivity contribution in [2.24, 2.45) is 5.92 Å². The number of hydrogen-bond donors (Lipinski definition) is 0. The third kappa shape index (κ3) is 3.68. The van der Waals surface area contributed by atoms with Crippen LogP contribution in [0.5, 0.6) is 5.75 Å². The number of benzene rings is 1. The van der Waals surface area contributed by atoms with Crippen molar-refractivity contribution in [3.63, 3.8) is 0 Å². The molecule has 25 heavy (non-hydrogen) atoms. The van der Waals surface area contributed by atoms with Crippen LogP contribution in [0.4, 0.5) is 8.78 Å². The van der Waals surface area contributed by atoms with E-state index < -0.39 is 11.6 Å². The summed E-state index contributed by atoms with van der Waals surface area (Å²) in [7, 11) is 1.45. The molecule has 0 unspecified atom stereocenters. The predicted octanol–water partition coefficient (Wildman–Crippen LogP) is 3.96. The highest BCUT2D eigenvalue weighted by Gasteiger charge is 2.24. The number of rotatable bonds is 5. The van der Waals surface area contributed by atoms with E-state index >= 15 is 0 Å². The molecule has 1 aliphatic rings. The summed E-state index contributed by atoms with van der Waals surface area (Å²) in [5.41, 5.74) is 0.0899. The zero-order valence-electron chi connectivity index (χ0n) is 15.0. The van der Waals surface area contributed by atoms with Crippen molar-refractivity contribution in [3.8, 4) is 17.1 Å². The highest BCUT2D eigenvalue weighted by Crippen LogP contribution is 2.33. The van der Waals surface area contributed by atoms with Crippen LogP contribution in [0, 0.1) is 17.6 Å². The normalized spacial score (nSPS) is 16.6. The molecule has 2 heterocycles. The number of methoxy groups -OCH3 is 1. The number of likely N-dealkylation sites (tertiary alicyclic amines) is 1. The van der Waals surface area contributed by atoms with Gasteiger partial charge in [0, 0.05) is 25.0 Å². The second-order valence-corrected chi connectivity index (χ2v) is 6.91. The van der Waals surface area contributed by atoms with Crippen molar-refractivity contribution in [3.05, 3.63) is 36.2 Å². The number of hydrogen-bond acceptors (Lipinski definition) is 3. The SMILES string of the molecule is COc1ccc(F)c(F)c1-c1nccn1CC1CCN(C(C)C)CC1. The summed E-state index contributed by atoms with van der Waals surface area (Å²) in [6.45, 7) is 7.33. The van der Waals surface area contributed by atoms with Gasteiger partial charge in [-0.15, -0.1) is 0 Å². The molecule has 0 amide bonds. The van der Waals surface area contributed by atoms with Crippen LogP contribution in [0.25, 0.3) is 11.4 Å². The average Bonchev–Trinajstić information content (AvgIpc) is 3.05. The topological polar surface area (TPSA) is 30.3 Å². The lowest BCUT2D eigenvalue weighted by atomic mass is 9.95. The molecular weight excluding hydrogens is 324 g/mol. The summed E-state index contributed by atoms with van der Waals surface area (Å²) in [6, 6.07) is 3.08. The van der Waals surface area contributed by atoms with Crippen LogP contribution in [0.1, 0.15) is 26.7 Å². The Labute approximate surface area is 147 Å². The smallest absolute Gasteiger partial charge is 0.173 e. The van der Waals surface area contributed by atoms with Crippen LogP contribution < -0.4 is 4.74 Å². The molecule has 3 rings (SSSR count). The zero-order chi connectivity index (χ0) is 18.0. The lowest BCUT2D eigenvalue weighted by Gasteiger charge is -2.34. The Kier molecular flexibility index (Phi) is 5.37. The van der Waals surface area contributed by atoms with E-state index in [9.17, 15) is 8.78 Å². The van der Waals surface area contributed by atoms with Crippen molar-refractivity contribution in [2.75, 3.05) is 20.2 Å². The van der Waals surface area contributed by atoms with Crippen molar-refractivity contribution in [1.82, 2.24) is 14.5 Å². The van der Waals surface area contributed by atoms with Crippen molar-refractivity contribution < 1.29 is 13.5 Å². The molecule has 0 saturated carbocycles. The molecule has 1 aromatic heterocycles. The summed E-state index contributed by atoms with van der Waals surface area (Å²) in [5.74, 6) is -0.594. The number of halogens is 2. The van der Waals surface area contributed by atoms with Crippen molar-refractivity contribution in [1.29, 1.82) is 0 Å². The number of imidazole rings is 1. The lowest BCUT2D eigenvalue weighted by molar-refractivity contribution is 0.142. The second kappa shape index (κ2) is 7.52. The summed E-state index contributed by atoms with van der Waals surface area (Å²) >= 11 is 0. The monoisotopic (exact) mass is 349 g/mol. The Balaban J connectivity index is 1.82. The fourth-order valence-electron chi connectivity index (χ4n) is 3.53. The molecule has 136 valence electrons. The van der Waals surface area contributed by atoms with Crippen LogP contribution in [0.2, 0.25) is 0 Å². The van der Waals surface area contributed by atoms with Gasteiger partial charge in [0.15, 0.2) is 11.6 Å². The maximum Gasteiger partial charge on any atom is 0.173 e. The van der Waals surface area contributed by atoms with Gasteiger partial charge in [0.2, 0.25) is 0 Å². The van der Waals surface area contributed by atoms with Crippen LogP contribution >= 0.6 is 0 Å². The molecule has 4 nitrogen and oxygen atoms in total. The van der Waals surface area contributed by atoms with Gasteiger partial charge in [0.25, 0.3) is 0 Å². The quantitative estimate of drug-likeness (QED) is 0.819. The number of aromatic nitrogens is 2. The Morgan fingerprint density at radius 2 is 1.96 bits per heavy atom. The third-order valence-corrected chi connectivity index (χ3v) is 5.05. The van der Waals surface area contributed by atoms with Gasteiger partial charge in [-0.05, 0) is 57.8 Å². The van der Waals surface area contributed by atoms with E-state index in [1.54, 1.807) is 6.20 Å². The van der Waals surface area contributed by atoms with Gasteiger partial charge in [-0.2, -0.15) is 0 Å². The minimum absolute atomic E-state index is 0.0899. The van der Waals surface area contributed by atoms with Gasteiger partial charge in [-0.1, -0.05) is 0 Å². The number of nitrogens with zero attached hydrogens (tertiary/aromatic N) is 3. The van der Waals surface area contributed by atoms with Crippen LogP contribution in [-0.2, 0) is 6.54 Å². The molecule has 0 N–H and O–H groups in total.